The third-order valence-corrected chi connectivity index (χ3v) is 6.27. The summed E-state index contributed by atoms with van der Waals surface area (Å²) in [6.45, 7) is 0. The molecule has 0 radical (unpaired) electrons. The van der Waals surface area contributed by atoms with Gasteiger partial charge < -0.3 is 0 Å². The number of nitro groups is 1. The van der Waals surface area contributed by atoms with Crippen LogP contribution in [0.2, 0.25) is 0 Å². The van der Waals surface area contributed by atoms with Crippen LogP contribution in [0.25, 0.3) is 0 Å². The number of benzene rings is 3. The largest absolute Gasteiger partial charge is 0.269 e. The lowest BCUT2D eigenvalue weighted by atomic mass is 10.2. The minimum Gasteiger partial charge on any atom is -0.268 e. The molecule has 3 aromatic carbocycles. The maximum atomic E-state index is 13.9. The van der Waals surface area contributed by atoms with Gasteiger partial charge >= 0.3 is 0 Å². The van der Waals surface area contributed by atoms with E-state index >= 15 is 0 Å². The fourth-order valence-corrected chi connectivity index (χ4v) is 4.30. The maximum absolute atomic E-state index is 13.9. The first-order valence-electron chi connectivity index (χ1n) is 8.32. The van der Waals surface area contributed by atoms with Crippen LogP contribution in [0.4, 0.5) is 11.4 Å². The number of nitrogens with zero attached hydrogens (tertiary/aromatic N) is 3. The molecule has 7 nitrogen and oxygen atoms in total. The summed E-state index contributed by atoms with van der Waals surface area (Å²) < 4.78 is 19.3. The molecule has 0 saturated carbocycles. The number of non-ortho nitro benzene ring substituents is 1. The van der Waals surface area contributed by atoms with Crippen molar-refractivity contribution in [3.63, 3.8) is 0 Å². The van der Waals surface area contributed by atoms with E-state index in [1.807, 2.05) is 0 Å². The second-order valence-electron chi connectivity index (χ2n) is 5.84. The van der Waals surface area contributed by atoms with E-state index in [0.717, 1.165) is 4.31 Å². The molecule has 1 amide bonds. The second-order valence-corrected chi connectivity index (χ2v) is 8.04. The minimum absolute atomic E-state index is 0.137. The number of rotatable bonds is 5. The minimum atomic E-state index is -3.40. The Hall–Kier alpha value is -3.52. The summed E-state index contributed by atoms with van der Waals surface area (Å²) in [4.78, 5) is 23.5. The zero-order valence-electron chi connectivity index (χ0n) is 15.0. The third-order valence-electron chi connectivity index (χ3n) is 4.02. The molecule has 1 atom stereocenters. The lowest BCUT2D eigenvalue weighted by Crippen LogP contribution is -2.33. The van der Waals surface area contributed by atoms with Crippen molar-refractivity contribution in [3.8, 4) is 0 Å². The molecular weight excluding hydrogens is 378 g/mol. The van der Waals surface area contributed by atoms with Gasteiger partial charge in [0.05, 0.1) is 15.5 Å². The van der Waals surface area contributed by atoms with Crippen molar-refractivity contribution >= 4 is 27.2 Å². The molecular formula is C20H17N3O4S. The highest BCUT2D eigenvalue weighted by Gasteiger charge is 2.26. The van der Waals surface area contributed by atoms with E-state index in [2.05, 4.69) is 4.36 Å². The maximum Gasteiger partial charge on any atom is 0.269 e. The topological polar surface area (TPSA) is 92.9 Å². The molecule has 28 heavy (non-hydrogen) atoms. The van der Waals surface area contributed by atoms with Crippen LogP contribution in [0.1, 0.15) is 10.4 Å². The molecule has 0 N–H and O–H groups in total. The van der Waals surface area contributed by atoms with Gasteiger partial charge in [-0.1, -0.05) is 36.4 Å². The van der Waals surface area contributed by atoms with Crippen LogP contribution in [-0.4, -0.2) is 26.4 Å². The standard InChI is InChI=1S/C20H17N3O4S/c1-22(20(24)16-8-4-2-5-9-16)28(27,21-17-10-6-3-7-11-17)19-14-12-18(13-15-19)23(25)26/h2-15H,1H3/t28-/m0/s1. The van der Waals surface area contributed by atoms with Crippen LogP contribution < -0.4 is 0 Å². The van der Waals surface area contributed by atoms with Gasteiger partial charge in [0, 0.05) is 24.7 Å². The number of hydrogen-bond donors (Lipinski definition) is 0. The Labute approximate surface area is 162 Å². The van der Waals surface area contributed by atoms with Crippen molar-refractivity contribution in [1.82, 2.24) is 4.31 Å². The first kappa shape index (κ1) is 19.2. The fraction of sp³-hybridized carbons (Fsp3) is 0.0500. The monoisotopic (exact) mass is 395 g/mol. The number of nitro benzene ring substituents is 1. The van der Waals surface area contributed by atoms with Gasteiger partial charge in [0.2, 0.25) is 0 Å². The van der Waals surface area contributed by atoms with Gasteiger partial charge in [-0.05, 0) is 36.4 Å². The molecule has 0 aromatic heterocycles. The molecule has 142 valence electrons. The SMILES string of the molecule is CN(C(=O)c1ccccc1)[S@@](=O)(=Nc1ccccc1)c1ccc([N+](=O)[O-])cc1. The molecule has 0 heterocycles. The highest BCUT2D eigenvalue weighted by molar-refractivity contribution is 7.92. The summed E-state index contributed by atoms with van der Waals surface area (Å²) in [6.07, 6.45) is 0. The van der Waals surface area contributed by atoms with Gasteiger partial charge in [-0.2, -0.15) is 4.36 Å². The van der Waals surface area contributed by atoms with Crippen LogP contribution in [-0.2, 0) is 9.92 Å². The van der Waals surface area contributed by atoms with E-state index in [-0.39, 0.29) is 10.6 Å². The van der Waals surface area contributed by atoms with Gasteiger partial charge in [-0.25, -0.2) is 4.21 Å². The molecule has 0 aliphatic carbocycles. The summed E-state index contributed by atoms with van der Waals surface area (Å²) in [6, 6.07) is 22.3. The van der Waals surface area contributed by atoms with Gasteiger partial charge in [0.1, 0.15) is 0 Å². The molecule has 3 aromatic rings. The Bertz CT molecular complexity index is 1110. The number of hydrogen-bond acceptors (Lipinski definition) is 5. The van der Waals surface area contributed by atoms with E-state index in [9.17, 15) is 19.1 Å². The third kappa shape index (κ3) is 3.91. The Morgan fingerprint density at radius 2 is 1.46 bits per heavy atom. The first-order valence-corrected chi connectivity index (χ1v) is 9.79. The molecule has 0 bridgehead atoms. The van der Waals surface area contributed by atoms with Crippen LogP contribution in [0.5, 0.6) is 0 Å². The molecule has 3 rings (SSSR count). The molecule has 0 fully saturated rings. The summed E-state index contributed by atoms with van der Waals surface area (Å²) >= 11 is 0. The first-order chi connectivity index (χ1) is 13.4. The average Bonchev–Trinajstić information content (AvgIpc) is 2.74. The molecule has 0 aliphatic rings. The van der Waals surface area contributed by atoms with Crippen LogP contribution >= 0.6 is 0 Å². The predicted octanol–water partition coefficient (Wildman–Crippen LogP) is 4.44. The molecule has 0 aliphatic heterocycles. The number of carbonyl (C=O) groups excluding carboxylic acids is 1. The number of carbonyl (C=O) groups is 1. The van der Waals surface area contributed by atoms with E-state index < -0.39 is 20.7 Å². The Kier molecular flexibility index (Phi) is 5.51. The summed E-state index contributed by atoms with van der Waals surface area (Å²) in [5, 5.41) is 10.9. The van der Waals surface area contributed by atoms with Crippen molar-refractivity contribution in [2.45, 2.75) is 4.90 Å². The highest BCUT2D eigenvalue weighted by Crippen LogP contribution is 2.26. The zero-order valence-corrected chi connectivity index (χ0v) is 15.8. The Morgan fingerprint density at radius 1 is 0.929 bits per heavy atom. The molecule has 8 heteroatoms. The van der Waals surface area contributed by atoms with Gasteiger partial charge in [0.25, 0.3) is 11.6 Å². The predicted molar refractivity (Wildman–Crippen MR) is 107 cm³/mol. The Balaban J connectivity index is 2.14. The van der Waals surface area contributed by atoms with Crippen molar-refractivity contribution in [2.75, 3.05) is 7.05 Å². The van der Waals surface area contributed by atoms with Gasteiger partial charge in [-0.3, -0.25) is 19.2 Å². The zero-order chi connectivity index (χ0) is 20.1. The van der Waals surface area contributed by atoms with Crippen molar-refractivity contribution in [2.24, 2.45) is 4.36 Å². The lowest BCUT2D eigenvalue weighted by molar-refractivity contribution is -0.384. The molecule has 0 spiro atoms. The smallest absolute Gasteiger partial charge is 0.268 e. The lowest BCUT2D eigenvalue weighted by Gasteiger charge is -2.22. The highest BCUT2D eigenvalue weighted by atomic mass is 32.2. The van der Waals surface area contributed by atoms with Gasteiger partial charge in [-0.15, -0.1) is 0 Å². The van der Waals surface area contributed by atoms with Crippen molar-refractivity contribution in [3.05, 3.63) is 101 Å². The quantitative estimate of drug-likeness (QED) is 0.471. The normalized spacial score (nSPS) is 12.6. The fourth-order valence-electron chi connectivity index (χ4n) is 2.52. The molecule has 0 saturated heterocycles. The molecule has 0 unspecified atom stereocenters. The van der Waals surface area contributed by atoms with Crippen molar-refractivity contribution in [1.29, 1.82) is 0 Å². The second kappa shape index (κ2) is 8.01. The summed E-state index contributed by atoms with van der Waals surface area (Å²) in [7, 11) is -1.99. The van der Waals surface area contributed by atoms with E-state index in [1.165, 1.54) is 31.3 Å². The van der Waals surface area contributed by atoms with E-state index in [1.54, 1.807) is 60.7 Å². The van der Waals surface area contributed by atoms with E-state index in [4.69, 9.17) is 0 Å². The van der Waals surface area contributed by atoms with E-state index in [0.29, 0.717) is 11.3 Å². The van der Waals surface area contributed by atoms with Crippen LogP contribution in [0.15, 0.2) is 94.2 Å². The van der Waals surface area contributed by atoms with Crippen LogP contribution in [0.3, 0.4) is 0 Å². The summed E-state index contributed by atoms with van der Waals surface area (Å²) in [5.41, 5.74) is 0.656. The summed E-state index contributed by atoms with van der Waals surface area (Å²) in [5.74, 6) is -0.469. The van der Waals surface area contributed by atoms with Crippen molar-refractivity contribution < 1.29 is 13.9 Å². The average molecular weight is 395 g/mol. The Morgan fingerprint density at radius 3 is 2.00 bits per heavy atom. The number of amides is 1. The van der Waals surface area contributed by atoms with Crippen LogP contribution in [0, 0.1) is 10.1 Å². The van der Waals surface area contributed by atoms with Gasteiger partial charge in [0.15, 0.2) is 9.92 Å².